The van der Waals surface area contributed by atoms with Crippen molar-refractivity contribution >= 4 is 27.5 Å². The maximum absolute atomic E-state index is 12.4. The number of anilines is 1. The van der Waals surface area contributed by atoms with Crippen molar-refractivity contribution in [2.45, 2.75) is 13.3 Å². The summed E-state index contributed by atoms with van der Waals surface area (Å²) in [7, 11) is 0. The highest BCUT2D eigenvalue weighted by Gasteiger charge is 2.16. The second kappa shape index (κ2) is 7.75. The van der Waals surface area contributed by atoms with Gasteiger partial charge in [0, 0.05) is 22.2 Å². The molecule has 1 N–H and O–H groups in total. The van der Waals surface area contributed by atoms with Crippen molar-refractivity contribution in [1.29, 1.82) is 0 Å². The molecule has 4 heteroatoms. The van der Waals surface area contributed by atoms with Gasteiger partial charge in [-0.15, -0.1) is 0 Å². The third kappa shape index (κ3) is 3.81. The largest absolute Gasteiger partial charge is 0.493 e. The van der Waals surface area contributed by atoms with Gasteiger partial charge < -0.3 is 10.1 Å². The number of hydrogen-bond acceptors (Lipinski definition) is 2. The van der Waals surface area contributed by atoms with E-state index in [9.17, 15) is 4.79 Å². The van der Waals surface area contributed by atoms with Gasteiger partial charge >= 0.3 is 0 Å². The number of allylic oxidation sites excluding steroid dienone is 2. The summed E-state index contributed by atoms with van der Waals surface area (Å²) in [5.41, 5.74) is 5.28. The van der Waals surface area contributed by atoms with E-state index in [0.29, 0.717) is 11.1 Å². The van der Waals surface area contributed by atoms with Crippen LogP contribution >= 0.6 is 15.9 Å². The molecule has 0 bridgehead atoms. The summed E-state index contributed by atoms with van der Waals surface area (Å²) in [5.74, 6) is 0.749. The fourth-order valence-corrected chi connectivity index (χ4v) is 3.50. The van der Waals surface area contributed by atoms with E-state index in [4.69, 9.17) is 4.74 Å². The molecule has 0 saturated heterocycles. The topological polar surface area (TPSA) is 38.3 Å². The zero-order valence-electron chi connectivity index (χ0n) is 14.6. The quantitative estimate of drug-likeness (QED) is 0.509. The minimum atomic E-state index is -0.197. The first-order valence-corrected chi connectivity index (χ1v) is 9.14. The number of nitrogens with one attached hydrogen (secondary N) is 1. The van der Waals surface area contributed by atoms with Crippen LogP contribution < -0.4 is 10.1 Å². The zero-order chi connectivity index (χ0) is 18.7. The maximum atomic E-state index is 12.4. The number of ether oxygens (including phenoxy) is 1. The smallest absolute Gasteiger partial charge is 0.255 e. The van der Waals surface area contributed by atoms with Crippen LogP contribution in [0.3, 0.4) is 0 Å². The molecule has 1 heterocycles. The number of amides is 1. The van der Waals surface area contributed by atoms with Crippen LogP contribution in [0.5, 0.6) is 5.75 Å². The van der Waals surface area contributed by atoms with Gasteiger partial charge in [-0.3, -0.25) is 4.79 Å². The van der Waals surface area contributed by atoms with Gasteiger partial charge in [-0.1, -0.05) is 47.3 Å². The monoisotopic (exact) mass is 409 g/mol. The van der Waals surface area contributed by atoms with Crippen molar-refractivity contribution in [3.05, 3.63) is 82.9 Å². The summed E-state index contributed by atoms with van der Waals surface area (Å²) in [5, 5.41) is 2.89. The van der Waals surface area contributed by atoms with Crippen molar-refractivity contribution in [1.82, 2.24) is 0 Å². The van der Waals surface area contributed by atoms with Gasteiger partial charge in [0.1, 0.15) is 5.75 Å². The van der Waals surface area contributed by atoms with Crippen molar-refractivity contribution in [2.75, 3.05) is 11.9 Å². The molecule has 0 aliphatic carbocycles. The van der Waals surface area contributed by atoms with Crippen LogP contribution in [0.1, 0.15) is 12.5 Å². The van der Waals surface area contributed by atoms with Gasteiger partial charge in [0.05, 0.1) is 6.61 Å². The lowest BCUT2D eigenvalue weighted by Crippen LogP contribution is -2.14. The number of hydrogen-bond donors (Lipinski definition) is 1. The molecule has 3 rings (SSSR count). The fourth-order valence-electron chi connectivity index (χ4n) is 2.88. The van der Waals surface area contributed by atoms with E-state index in [1.54, 1.807) is 19.1 Å². The molecule has 0 aromatic heterocycles. The lowest BCUT2D eigenvalue weighted by molar-refractivity contribution is -0.112. The lowest BCUT2D eigenvalue weighted by Gasteiger charge is -2.11. The first-order valence-electron chi connectivity index (χ1n) is 8.35. The predicted octanol–water partition coefficient (Wildman–Crippen LogP) is 5.68. The van der Waals surface area contributed by atoms with Crippen LogP contribution in [0.25, 0.3) is 11.1 Å². The Kier molecular flexibility index (Phi) is 5.43. The molecular formula is C22H20BrNO2. The number of carbonyl (C=O) groups is 1. The van der Waals surface area contributed by atoms with Crippen molar-refractivity contribution in [2.24, 2.45) is 0 Å². The van der Waals surface area contributed by atoms with Gasteiger partial charge in [0.2, 0.25) is 0 Å². The Morgan fingerprint density at radius 2 is 2.00 bits per heavy atom. The standard InChI is InChI=1S/C22H20BrNO2/c1-4-5-18(14(2)3)22(25)24-17-8-6-15(7-9-17)19-13-21-16(10-11-26-21)12-20(19)23/h4-9,12-13H,1-2,10-11H2,3H3,(H,24,25)/b18-5+. The Balaban J connectivity index is 1.81. The van der Waals surface area contributed by atoms with Crippen LogP contribution in [0.2, 0.25) is 0 Å². The van der Waals surface area contributed by atoms with Gasteiger partial charge in [-0.25, -0.2) is 0 Å². The Morgan fingerprint density at radius 1 is 1.27 bits per heavy atom. The molecule has 0 unspecified atom stereocenters. The predicted molar refractivity (Wildman–Crippen MR) is 111 cm³/mol. The third-order valence-corrected chi connectivity index (χ3v) is 4.88. The molecule has 3 nitrogen and oxygen atoms in total. The van der Waals surface area contributed by atoms with Crippen LogP contribution in [-0.2, 0) is 11.2 Å². The number of carbonyl (C=O) groups excluding carboxylic acids is 1. The highest BCUT2D eigenvalue weighted by molar-refractivity contribution is 9.10. The van der Waals surface area contributed by atoms with E-state index in [-0.39, 0.29) is 5.91 Å². The van der Waals surface area contributed by atoms with E-state index < -0.39 is 0 Å². The molecule has 0 saturated carbocycles. The third-order valence-electron chi connectivity index (χ3n) is 4.22. The Hall–Kier alpha value is -2.59. The SMILES string of the molecule is C=C/C=C(\C(=C)C)C(=O)Nc1ccc(-c2cc3c(cc2Br)CCO3)cc1. The number of fused-ring (bicyclic) bond motifs is 1. The van der Waals surface area contributed by atoms with Gasteiger partial charge in [0.15, 0.2) is 0 Å². The highest BCUT2D eigenvalue weighted by Crippen LogP contribution is 2.37. The van der Waals surface area contributed by atoms with E-state index >= 15 is 0 Å². The van der Waals surface area contributed by atoms with Crippen LogP contribution in [0, 0.1) is 0 Å². The number of halogens is 1. The second-order valence-electron chi connectivity index (χ2n) is 6.17. The minimum absolute atomic E-state index is 0.197. The van der Waals surface area contributed by atoms with E-state index in [0.717, 1.165) is 40.1 Å². The zero-order valence-corrected chi connectivity index (χ0v) is 16.2. The van der Waals surface area contributed by atoms with E-state index in [1.807, 2.05) is 24.3 Å². The van der Waals surface area contributed by atoms with Crippen molar-refractivity contribution in [3.8, 4) is 16.9 Å². The van der Waals surface area contributed by atoms with Crippen LogP contribution in [-0.4, -0.2) is 12.5 Å². The summed E-state index contributed by atoms with van der Waals surface area (Å²) >= 11 is 3.65. The van der Waals surface area contributed by atoms with Gasteiger partial charge in [-0.05, 0) is 59.5 Å². The Morgan fingerprint density at radius 3 is 2.65 bits per heavy atom. The van der Waals surface area contributed by atoms with Crippen LogP contribution in [0.15, 0.2) is 77.3 Å². The number of benzene rings is 2. The first kappa shape index (κ1) is 18.2. The summed E-state index contributed by atoms with van der Waals surface area (Å²) in [4.78, 5) is 12.4. The molecule has 0 radical (unpaired) electrons. The van der Waals surface area contributed by atoms with E-state index in [1.165, 1.54) is 5.56 Å². The minimum Gasteiger partial charge on any atom is -0.493 e. The molecule has 1 aliphatic heterocycles. The Bertz CT molecular complexity index is 910. The lowest BCUT2D eigenvalue weighted by atomic mass is 10.0. The molecule has 0 atom stereocenters. The molecule has 0 fully saturated rings. The maximum Gasteiger partial charge on any atom is 0.255 e. The molecule has 1 amide bonds. The molecular weight excluding hydrogens is 390 g/mol. The molecule has 2 aromatic rings. The normalized spacial score (nSPS) is 12.9. The van der Waals surface area contributed by atoms with Crippen molar-refractivity contribution < 1.29 is 9.53 Å². The van der Waals surface area contributed by atoms with Gasteiger partial charge in [0.25, 0.3) is 5.91 Å². The molecule has 0 spiro atoms. The first-order chi connectivity index (χ1) is 12.5. The summed E-state index contributed by atoms with van der Waals surface area (Å²) in [6.07, 6.45) is 4.19. The van der Waals surface area contributed by atoms with Gasteiger partial charge in [-0.2, -0.15) is 0 Å². The second-order valence-corrected chi connectivity index (χ2v) is 7.02. The average molecular weight is 410 g/mol. The molecule has 26 heavy (non-hydrogen) atoms. The van der Waals surface area contributed by atoms with Crippen LogP contribution in [0.4, 0.5) is 5.69 Å². The van der Waals surface area contributed by atoms with E-state index in [2.05, 4.69) is 46.5 Å². The fraction of sp³-hybridized carbons (Fsp3) is 0.136. The summed E-state index contributed by atoms with van der Waals surface area (Å²) < 4.78 is 6.70. The molecule has 132 valence electrons. The van der Waals surface area contributed by atoms with Crippen molar-refractivity contribution in [3.63, 3.8) is 0 Å². The number of rotatable bonds is 5. The Labute approximate surface area is 162 Å². The highest BCUT2D eigenvalue weighted by atomic mass is 79.9. The summed E-state index contributed by atoms with van der Waals surface area (Å²) in [6.45, 7) is 10.0. The molecule has 2 aromatic carbocycles. The average Bonchev–Trinajstić information content (AvgIpc) is 3.06. The molecule has 1 aliphatic rings. The summed E-state index contributed by atoms with van der Waals surface area (Å²) in [6, 6.07) is 11.9.